The van der Waals surface area contributed by atoms with Gasteiger partial charge in [-0.15, -0.1) is 0 Å². The van der Waals surface area contributed by atoms with E-state index in [4.69, 9.17) is 14.2 Å². The Balaban J connectivity index is 1.79. The first-order chi connectivity index (χ1) is 9.61. The van der Waals surface area contributed by atoms with Crippen LogP contribution in [-0.2, 0) is 14.2 Å². The van der Waals surface area contributed by atoms with E-state index in [2.05, 4.69) is 11.8 Å². The molecular weight excluding hydrogens is 264 g/mol. The number of aliphatic hydroxyl groups excluding tert-OH is 3. The molecule has 0 spiro atoms. The molecular formula is C14H22O6. The third-order valence-corrected chi connectivity index (χ3v) is 3.78. The fourth-order valence-corrected chi connectivity index (χ4v) is 2.81. The number of aliphatic hydroxyl groups is 3. The van der Waals surface area contributed by atoms with Gasteiger partial charge in [0.2, 0.25) is 0 Å². The summed E-state index contributed by atoms with van der Waals surface area (Å²) < 4.78 is 15.2. The maximum Gasteiger partial charge on any atom is 0.165 e. The van der Waals surface area contributed by atoms with Crippen molar-refractivity contribution in [3.63, 3.8) is 0 Å². The smallest absolute Gasteiger partial charge is 0.165 e. The van der Waals surface area contributed by atoms with Gasteiger partial charge in [-0.05, 0) is 0 Å². The van der Waals surface area contributed by atoms with Crippen LogP contribution in [0.15, 0.2) is 0 Å². The van der Waals surface area contributed by atoms with Gasteiger partial charge in [-0.25, -0.2) is 0 Å². The third kappa shape index (κ3) is 3.92. The monoisotopic (exact) mass is 286 g/mol. The van der Waals surface area contributed by atoms with Gasteiger partial charge in [0, 0.05) is 25.9 Å². The molecule has 0 bridgehead atoms. The molecule has 1 aliphatic heterocycles. The average molecular weight is 286 g/mol. The van der Waals surface area contributed by atoms with Gasteiger partial charge < -0.3 is 29.5 Å². The number of rotatable bonds is 5. The summed E-state index contributed by atoms with van der Waals surface area (Å²) in [4.78, 5) is 0. The zero-order valence-electron chi connectivity index (χ0n) is 11.6. The molecule has 1 saturated heterocycles. The van der Waals surface area contributed by atoms with Crippen molar-refractivity contribution in [3.8, 4) is 11.8 Å². The van der Waals surface area contributed by atoms with Crippen LogP contribution >= 0.6 is 0 Å². The van der Waals surface area contributed by atoms with E-state index in [1.165, 1.54) is 0 Å². The molecule has 1 heterocycles. The average Bonchev–Trinajstić information content (AvgIpc) is 2.87. The molecule has 1 saturated carbocycles. The van der Waals surface area contributed by atoms with Crippen molar-refractivity contribution in [1.82, 2.24) is 0 Å². The predicted octanol–water partition coefficient (Wildman–Crippen LogP) is -0.534. The van der Waals surface area contributed by atoms with Gasteiger partial charge in [0.1, 0.15) is 0 Å². The van der Waals surface area contributed by atoms with Crippen molar-refractivity contribution in [2.24, 2.45) is 11.8 Å². The Morgan fingerprint density at radius 1 is 1.30 bits per heavy atom. The van der Waals surface area contributed by atoms with E-state index in [1.807, 2.05) is 0 Å². The number of hydrogen-bond donors (Lipinski definition) is 3. The largest absolute Gasteiger partial charge is 0.392 e. The van der Waals surface area contributed by atoms with E-state index in [9.17, 15) is 15.3 Å². The van der Waals surface area contributed by atoms with Gasteiger partial charge in [0.05, 0.1) is 37.8 Å². The van der Waals surface area contributed by atoms with Crippen molar-refractivity contribution in [3.05, 3.63) is 0 Å². The Bertz CT molecular complexity index is 362. The van der Waals surface area contributed by atoms with E-state index in [0.29, 0.717) is 26.1 Å². The minimum atomic E-state index is -0.947. The standard InChI is InChI=1S/C14H22O6/c1-18-5-6-19-13(16)4-2-3-9-10-7-14(17)20-12(10)8-11(9)15/h9-17H,4-8H2,1H3. The lowest BCUT2D eigenvalue weighted by atomic mass is 9.92. The van der Waals surface area contributed by atoms with E-state index in [1.54, 1.807) is 7.11 Å². The maximum absolute atomic E-state index is 9.95. The predicted molar refractivity (Wildman–Crippen MR) is 69.3 cm³/mol. The molecule has 3 N–H and O–H groups in total. The molecule has 0 aromatic rings. The Morgan fingerprint density at radius 2 is 2.10 bits per heavy atom. The summed E-state index contributed by atoms with van der Waals surface area (Å²) in [5.41, 5.74) is 0. The van der Waals surface area contributed by atoms with Crippen LogP contribution in [-0.4, -0.2) is 60.4 Å². The second-order valence-corrected chi connectivity index (χ2v) is 5.20. The molecule has 6 unspecified atom stereocenters. The van der Waals surface area contributed by atoms with Crippen molar-refractivity contribution in [1.29, 1.82) is 0 Å². The zero-order valence-corrected chi connectivity index (χ0v) is 11.6. The van der Waals surface area contributed by atoms with Crippen molar-refractivity contribution in [2.75, 3.05) is 20.3 Å². The maximum atomic E-state index is 9.95. The van der Waals surface area contributed by atoms with E-state index in [0.717, 1.165) is 0 Å². The number of ether oxygens (including phenoxy) is 3. The molecule has 2 rings (SSSR count). The highest BCUT2D eigenvalue weighted by Crippen LogP contribution is 2.42. The Labute approximate surface area is 118 Å². The minimum absolute atomic E-state index is 0.0686. The van der Waals surface area contributed by atoms with Crippen molar-refractivity contribution >= 4 is 0 Å². The molecule has 2 aliphatic rings. The van der Waals surface area contributed by atoms with Crippen LogP contribution < -0.4 is 0 Å². The minimum Gasteiger partial charge on any atom is -0.392 e. The third-order valence-electron chi connectivity index (χ3n) is 3.78. The van der Waals surface area contributed by atoms with Gasteiger partial charge in [-0.1, -0.05) is 11.8 Å². The van der Waals surface area contributed by atoms with Crippen LogP contribution in [0.25, 0.3) is 0 Å². The van der Waals surface area contributed by atoms with E-state index < -0.39 is 18.7 Å². The quantitative estimate of drug-likeness (QED) is 0.357. The number of fused-ring (bicyclic) bond motifs is 1. The van der Waals surface area contributed by atoms with Crippen LogP contribution in [0.2, 0.25) is 0 Å². The topological polar surface area (TPSA) is 88.4 Å². The molecule has 20 heavy (non-hydrogen) atoms. The van der Waals surface area contributed by atoms with E-state index in [-0.39, 0.29) is 24.4 Å². The van der Waals surface area contributed by atoms with Gasteiger partial charge in [-0.3, -0.25) is 0 Å². The lowest BCUT2D eigenvalue weighted by Gasteiger charge is -2.13. The summed E-state index contributed by atoms with van der Waals surface area (Å²) in [5, 5.41) is 28.9. The molecule has 0 radical (unpaired) electrons. The van der Waals surface area contributed by atoms with Crippen LogP contribution in [0.3, 0.4) is 0 Å². The Kier molecular flexibility index (Phi) is 5.78. The first kappa shape index (κ1) is 15.7. The summed E-state index contributed by atoms with van der Waals surface area (Å²) in [6, 6.07) is 0. The second-order valence-electron chi connectivity index (χ2n) is 5.20. The van der Waals surface area contributed by atoms with Crippen LogP contribution in [0.4, 0.5) is 0 Å². The first-order valence-corrected chi connectivity index (χ1v) is 6.90. The lowest BCUT2D eigenvalue weighted by Crippen LogP contribution is -2.19. The molecule has 6 atom stereocenters. The van der Waals surface area contributed by atoms with Gasteiger partial charge in [0.15, 0.2) is 12.6 Å². The Hall–Kier alpha value is -0.680. The normalized spacial score (nSPS) is 37.3. The van der Waals surface area contributed by atoms with Crippen LogP contribution in [0.5, 0.6) is 0 Å². The fraction of sp³-hybridized carbons (Fsp3) is 0.857. The highest BCUT2D eigenvalue weighted by Gasteiger charge is 2.48. The number of hydrogen-bond acceptors (Lipinski definition) is 6. The highest BCUT2D eigenvalue weighted by molar-refractivity contribution is 5.13. The zero-order chi connectivity index (χ0) is 14.5. The molecule has 2 fully saturated rings. The highest BCUT2D eigenvalue weighted by atomic mass is 16.6. The van der Waals surface area contributed by atoms with Crippen LogP contribution in [0, 0.1) is 23.7 Å². The van der Waals surface area contributed by atoms with Gasteiger partial charge >= 0.3 is 0 Å². The SMILES string of the molecule is COCCOC(O)CC#CC1C(O)CC2OC(O)CC21. The second kappa shape index (κ2) is 7.36. The summed E-state index contributed by atoms with van der Waals surface area (Å²) in [6.45, 7) is 0.737. The molecule has 6 nitrogen and oxygen atoms in total. The summed E-state index contributed by atoms with van der Waals surface area (Å²) >= 11 is 0. The summed E-state index contributed by atoms with van der Waals surface area (Å²) in [5.74, 6) is 5.69. The molecule has 114 valence electrons. The first-order valence-electron chi connectivity index (χ1n) is 6.90. The molecule has 6 heteroatoms. The van der Waals surface area contributed by atoms with Crippen molar-refractivity contribution in [2.45, 2.75) is 44.1 Å². The molecule has 0 amide bonds. The molecule has 0 aromatic heterocycles. The van der Waals surface area contributed by atoms with Gasteiger partial charge in [-0.2, -0.15) is 0 Å². The lowest BCUT2D eigenvalue weighted by molar-refractivity contribution is -0.105. The summed E-state index contributed by atoms with van der Waals surface area (Å²) in [6.07, 6.45) is -1.13. The van der Waals surface area contributed by atoms with Crippen LogP contribution in [0.1, 0.15) is 19.3 Å². The number of methoxy groups -OCH3 is 1. The molecule has 1 aliphatic carbocycles. The summed E-state index contributed by atoms with van der Waals surface area (Å²) in [7, 11) is 1.56. The molecule has 0 aromatic carbocycles. The fourth-order valence-electron chi connectivity index (χ4n) is 2.81. The van der Waals surface area contributed by atoms with Gasteiger partial charge in [0.25, 0.3) is 0 Å². The Morgan fingerprint density at radius 3 is 2.85 bits per heavy atom. The van der Waals surface area contributed by atoms with E-state index >= 15 is 0 Å². The van der Waals surface area contributed by atoms with Crippen molar-refractivity contribution < 1.29 is 29.5 Å².